The van der Waals surface area contributed by atoms with Gasteiger partial charge in [-0.05, 0) is 6.08 Å². The maximum absolute atomic E-state index is 11.2. The number of amides is 1. The summed E-state index contributed by atoms with van der Waals surface area (Å²) in [7, 11) is 0. The standard InChI is InChI=1S/C11H17NO9/c13-2-5(16)9(18)10-8(12-7(17)3-14)4(15)1-6(21-10)11(19)20/h1,4-5,8-10,13-16,18H,2-3H2,(H,12,17)(H,19,20). The predicted molar refractivity (Wildman–Crippen MR) is 64.7 cm³/mol. The van der Waals surface area contributed by atoms with Crippen LogP contribution in [0.5, 0.6) is 0 Å². The minimum Gasteiger partial charge on any atom is -0.478 e. The number of aliphatic hydroxyl groups is 5. The maximum Gasteiger partial charge on any atom is 0.370 e. The van der Waals surface area contributed by atoms with Crippen molar-refractivity contribution in [3.8, 4) is 0 Å². The van der Waals surface area contributed by atoms with Crippen molar-refractivity contribution in [3.63, 3.8) is 0 Å². The number of rotatable bonds is 6. The fourth-order valence-electron chi connectivity index (χ4n) is 1.84. The SMILES string of the molecule is O=C(CO)NC1C(O)C=C(C(=O)O)OC1C(O)C(O)CO. The Balaban J connectivity index is 3.04. The summed E-state index contributed by atoms with van der Waals surface area (Å²) in [4.78, 5) is 22.1. The van der Waals surface area contributed by atoms with E-state index in [4.69, 9.17) is 20.1 Å². The first-order valence-corrected chi connectivity index (χ1v) is 5.98. The molecule has 1 amide bonds. The molecule has 5 atom stereocenters. The van der Waals surface area contributed by atoms with E-state index < -0.39 is 61.3 Å². The van der Waals surface area contributed by atoms with Crippen LogP contribution in [0.15, 0.2) is 11.8 Å². The van der Waals surface area contributed by atoms with Crippen LogP contribution >= 0.6 is 0 Å². The second-order valence-corrected chi connectivity index (χ2v) is 4.40. The summed E-state index contributed by atoms with van der Waals surface area (Å²) >= 11 is 0. The highest BCUT2D eigenvalue weighted by Crippen LogP contribution is 2.22. The van der Waals surface area contributed by atoms with E-state index >= 15 is 0 Å². The Kier molecular flexibility index (Phi) is 6.05. The molecule has 1 heterocycles. The predicted octanol–water partition coefficient (Wildman–Crippen LogP) is -4.09. The lowest BCUT2D eigenvalue weighted by Crippen LogP contribution is -2.60. The summed E-state index contributed by atoms with van der Waals surface area (Å²) in [6, 6.07) is -1.32. The minimum atomic E-state index is -1.78. The van der Waals surface area contributed by atoms with Gasteiger partial charge in [-0.15, -0.1) is 0 Å². The Morgan fingerprint density at radius 1 is 1.33 bits per heavy atom. The second kappa shape index (κ2) is 7.33. The molecule has 0 aliphatic carbocycles. The molecule has 0 spiro atoms. The zero-order valence-corrected chi connectivity index (χ0v) is 10.8. The number of carboxylic acid groups (broad SMARTS) is 1. The third-order valence-electron chi connectivity index (χ3n) is 2.91. The molecule has 1 rings (SSSR count). The van der Waals surface area contributed by atoms with Crippen molar-refractivity contribution in [1.29, 1.82) is 0 Å². The summed E-state index contributed by atoms with van der Waals surface area (Å²) in [5.74, 6) is -3.09. The van der Waals surface area contributed by atoms with Crippen molar-refractivity contribution in [1.82, 2.24) is 5.32 Å². The molecular formula is C11H17NO9. The summed E-state index contributed by atoms with van der Waals surface area (Å²) in [5.41, 5.74) is 0. The van der Waals surface area contributed by atoms with Crippen LogP contribution < -0.4 is 5.32 Å². The van der Waals surface area contributed by atoms with Gasteiger partial charge in [0, 0.05) is 0 Å². The van der Waals surface area contributed by atoms with E-state index in [1.807, 2.05) is 0 Å². The lowest BCUT2D eigenvalue weighted by Gasteiger charge is -2.38. The van der Waals surface area contributed by atoms with Crippen LogP contribution in [-0.4, -0.2) is 86.2 Å². The molecule has 0 bridgehead atoms. The van der Waals surface area contributed by atoms with Crippen LogP contribution in [0.2, 0.25) is 0 Å². The Bertz CT molecular complexity index is 424. The molecule has 10 heteroatoms. The lowest BCUT2D eigenvalue weighted by atomic mass is 9.94. The quantitative estimate of drug-likeness (QED) is 0.257. The van der Waals surface area contributed by atoms with Crippen molar-refractivity contribution >= 4 is 11.9 Å². The molecule has 0 saturated heterocycles. The zero-order valence-electron chi connectivity index (χ0n) is 10.8. The number of aliphatic carboxylic acids is 1. The molecule has 10 nitrogen and oxygen atoms in total. The van der Waals surface area contributed by atoms with E-state index in [0.29, 0.717) is 0 Å². The van der Waals surface area contributed by atoms with Crippen LogP contribution in [0, 0.1) is 0 Å². The van der Waals surface area contributed by atoms with Gasteiger partial charge in [0.2, 0.25) is 11.7 Å². The van der Waals surface area contributed by atoms with Gasteiger partial charge in [0.1, 0.15) is 24.9 Å². The van der Waals surface area contributed by atoms with Gasteiger partial charge in [0.05, 0.1) is 12.6 Å². The largest absolute Gasteiger partial charge is 0.478 e. The second-order valence-electron chi connectivity index (χ2n) is 4.40. The Morgan fingerprint density at radius 3 is 2.43 bits per heavy atom. The molecule has 0 aromatic rings. The highest BCUT2D eigenvalue weighted by atomic mass is 16.5. The highest BCUT2D eigenvalue weighted by Gasteiger charge is 2.43. The van der Waals surface area contributed by atoms with Crippen molar-refractivity contribution < 1.29 is 45.0 Å². The molecule has 0 radical (unpaired) electrons. The van der Waals surface area contributed by atoms with Crippen molar-refractivity contribution in [2.45, 2.75) is 30.5 Å². The number of ether oxygens (including phenoxy) is 1. The maximum atomic E-state index is 11.2. The van der Waals surface area contributed by atoms with E-state index in [-0.39, 0.29) is 0 Å². The van der Waals surface area contributed by atoms with Crippen LogP contribution in [0.25, 0.3) is 0 Å². The minimum absolute atomic E-state index is 0.675. The molecule has 0 aromatic carbocycles. The Hall–Kier alpha value is -1.72. The average Bonchev–Trinajstić information content (AvgIpc) is 2.46. The third kappa shape index (κ3) is 4.12. The van der Waals surface area contributed by atoms with E-state index in [2.05, 4.69) is 5.32 Å². The van der Waals surface area contributed by atoms with E-state index in [1.54, 1.807) is 0 Å². The van der Waals surface area contributed by atoms with Gasteiger partial charge in [-0.3, -0.25) is 4.79 Å². The number of aliphatic hydroxyl groups excluding tert-OH is 5. The van der Waals surface area contributed by atoms with Gasteiger partial charge < -0.3 is 40.7 Å². The Morgan fingerprint density at radius 2 is 1.95 bits per heavy atom. The topological polar surface area (TPSA) is 177 Å². The van der Waals surface area contributed by atoms with Crippen molar-refractivity contribution in [3.05, 3.63) is 11.8 Å². The molecule has 5 unspecified atom stereocenters. The van der Waals surface area contributed by atoms with E-state index in [1.165, 1.54) is 0 Å². The monoisotopic (exact) mass is 307 g/mol. The van der Waals surface area contributed by atoms with Gasteiger partial charge in [0.25, 0.3) is 0 Å². The molecule has 0 fully saturated rings. The van der Waals surface area contributed by atoms with Gasteiger partial charge >= 0.3 is 5.97 Å². The summed E-state index contributed by atoms with van der Waals surface area (Å²) in [6.45, 7) is -1.74. The Labute approximate surface area is 118 Å². The first-order chi connectivity index (χ1) is 9.81. The van der Waals surface area contributed by atoms with Gasteiger partial charge in [0.15, 0.2) is 6.10 Å². The number of nitrogens with one attached hydrogen (secondary N) is 1. The molecule has 120 valence electrons. The van der Waals surface area contributed by atoms with Crippen molar-refractivity contribution in [2.24, 2.45) is 0 Å². The third-order valence-corrected chi connectivity index (χ3v) is 2.91. The van der Waals surface area contributed by atoms with Crippen LogP contribution in [0.3, 0.4) is 0 Å². The number of carboxylic acids is 1. The zero-order chi connectivity index (χ0) is 16.2. The fourth-order valence-corrected chi connectivity index (χ4v) is 1.84. The molecule has 21 heavy (non-hydrogen) atoms. The van der Waals surface area contributed by atoms with Gasteiger partial charge in [-0.25, -0.2) is 4.79 Å². The molecule has 0 aromatic heterocycles. The van der Waals surface area contributed by atoms with E-state index in [9.17, 15) is 24.9 Å². The molecular weight excluding hydrogens is 290 g/mol. The normalized spacial score (nSPS) is 28.0. The summed E-state index contributed by atoms with van der Waals surface area (Å²) in [5, 5.41) is 57.5. The van der Waals surface area contributed by atoms with Crippen LogP contribution in [0.1, 0.15) is 0 Å². The van der Waals surface area contributed by atoms with Gasteiger partial charge in [-0.1, -0.05) is 0 Å². The first kappa shape index (κ1) is 17.3. The number of carbonyl (C=O) groups excluding carboxylic acids is 1. The number of carbonyl (C=O) groups is 2. The van der Waals surface area contributed by atoms with E-state index in [0.717, 1.165) is 6.08 Å². The molecule has 1 aliphatic heterocycles. The van der Waals surface area contributed by atoms with Gasteiger partial charge in [-0.2, -0.15) is 0 Å². The molecule has 0 saturated carbocycles. The molecule has 1 aliphatic rings. The lowest BCUT2D eigenvalue weighted by molar-refractivity contribution is -0.150. The van der Waals surface area contributed by atoms with Crippen LogP contribution in [-0.2, 0) is 14.3 Å². The first-order valence-electron chi connectivity index (χ1n) is 5.98. The smallest absolute Gasteiger partial charge is 0.370 e. The number of hydrogen-bond acceptors (Lipinski definition) is 8. The highest BCUT2D eigenvalue weighted by molar-refractivity contribution is 5.84. The van der Waals surface area contributed by atoms with Crippen LogP contribution in [0.4, 0.5) is 0 Å². The summed E-state index contributed by atoms with van der Waals surface area (Å²) < 4.78 is 4.95. The molecule has 7 N–H and O–H groups in total. The number of hydrogen-bond donors (Lipinski definition) is 7. The fraction of sp³-hybridized carbons (Fsp3) is 0.636. The summed E-state index contributed by atoms with van der Waals surface area (Å²) in [6.07, 6.45) is -5.72. The average molecular weight is 307 g/mol. The van der Waals surface area contributed by atoms with Crippen molar-refractivity contribution in [2.75, 3.05) is 13.2 Å².